The Morgan fingerprint density at radius 2 is 2.05 bits per heavy atom. The summed E-state index contributed by atoms with van der Waals surface area (Å²) in [5.41, 5.74) is 0. The Hall–Kier alpha value is -1.11. The Morgan fingerprint density at radius 3 is 2.79 bits per heavy atom. The smallest absolute Gasteiger partial charge is 0.202 e. The number of hydrogen-bond acceptors (Lipinski definition) is 5. The van der Waals surface area contributed by atoms with E-state index in [0.717, 1.165) is 51.8 Å². The van der Waals surface area contributed by atoms with Crippen LogP contribution in [0.25, 0.3) is 0 Å². The van der Waals surface area contributed by atoms with E-state index in [0.29, 0.717) is 0 Å². The van der Waals surface area contributed by atoms with Crippen molar-refractivity contribution in [2.24, 2.45) is 0 Å². The highest BCUT2D eigenvalue weighted by atomic mass is 16.5. The van der Waals surface area contributed by atoms with E-state index in [1.807, 2.05) is 12.4 Å². The van der Waals surface area contributed by atoms with E-state index >= 15 is 0 Å². The van der Waals surface area contributed by atoms with E-state index < -0.39 is 0 Å². The number of ether oxygens (including phenoxy) is 2. The molecule has 19 heavy (non-hydrogen) atoms. The Morgan fingerprint density at radius 1 is 1.26 bits per heavy atom. The second-order valence-electron chi connectivity index (χ2n) is 4.51. The maximum absolute atomic E-state index is 5.06. The molecule has 0 atom stereocenters. The molecular weight excluding hydrogens is 244 g/mol. The average molecular weight is 270 g/mol. The predicted molar refractivity (Wildman–Crippen MR) is 76.6 cm³/mol. The van der Waals surface area contributed by atoms with Crippen molar-refractivity contribution >= 4 is 5.95 Å². The number of rotatable bonds is 11. The Labute approximate surface area is 115 Å². The molecule has 1 N–H and O–H groups in total. The monoisotopic (exact) mass is 270 g/mol. The summed E-state index contributed by atoms with van der Waals surface area (Å²) in [5.74, 6) is 0.927. The minimum atomic E-state index is 0.766. The Kier molecular flexibility index (Phi) is 8.20. The number of hydrogen-bond donors (Lipinski definition) is 1. The highest BCUT2D eigenvalue weighted by molar-refractivity contribution is 5.25. The van der Waals surface area contributed by atoms with E-state index in [4.69, 9.17) is 9.47 Å². The van der Waals surface area contributed by atoms with Gasteiger partial charge in [-0.1, -0.05) is 0 Å². The Balaban J connectivity index is 2.27. The average Bonchev–Trinajstić information content (AvgIpc) is 2.86. The van der Waals surface area contributed by atoms with Crippen molar-refractivity contribution in [1.29, 1.82) is 0 Å². The SMILES string of the molecule is COCCCNc1nccn1CCN(C)CCOC. The van der Waals surface area contributed by atoms with Gasteiger partial charge in [-0.2, -0.15) is 0 Å². The molecule has 110 valence electrons. The van der Waals surface area contributed by atoms with Crippen LogP contribution >= 0.6 is 0 Å². The maximum Gasteiger partial charge on any atom is 0.202 e. The molecule has 0 radical (unpaired) electrons. The lowest BCUT2D eigenvalue weighted by Crippen LogP contribution is -2.27. The van der Waals surface area contributed by atoms with Gasteiger partial charge in [-0.25, -0.2) is 4.98 Å². The second-order valence-corrected chi connectivity index (χ2v) is 4.51. The van der Waals surface area contributed by atoms with Gasteiger partial charge in [0, 0.05) is 59.4 Å². The number of methoxy groups -OCH3 is 2. The van der Waals surface area contributed by atoms with Crippen LogP contribution < -0.4 is 5.32 Å². The first-order chi connectivity index (χ1) is 9.27. The lowest BCUT2D eigenvalue weighted by atomic mass is 10.4. The number of likely N-dealkylation sites (N-methyl/N-ethyl adjacent to an activating group) is 1. The zero-order chi connectivity index (χ0) is 13.9. The van der Waals surface area contributed by atoms with Crippen molar-refractivity contribution in [3.05, 3.63) is 12.4 Å². The highest BCUT2D eigenvalue weighted by Gasteiger charge is 2.03. The van der Waals surface area contributed by atoms with Crippen molar-refractivity contribution in [3.8, 4) is 0 Å². The van der Waals surface area contributed by atoms with Crippen molar-refractivity contribution in [3.63, 3.8) is 0 Å². The van der Waals surface area contributed by atoms with Gasteiger partial charge in [0.2, 0.25) is 5.95 Å². The molecule has 0 spiro atoms. The van der Waals surface area contributed by atoms with E-state index in [1.54, 1.807) is 14.2 Å². The van der Waals surface area contributed by atoms with E-state index in [2.05, 4.69) is 26.8 Å². The molecule has 6 nitrogen and oxygen atoms in total. The first-order valence-corrected chi connectivity index (χ1v) is 6.69. The quantitative estimate of drug-likeness (QED) is 0.606. The number of nitrogens with zero attached hydrogens (tertiary/aromatic N) is 3. The molecule has 1 rings (SSSR count). The molecule has 0 aliphatic carbocycles. The molecule has 0 unspecified atom stereocenters. The van der Waals surface area contributed by atoms with Crippen molar-refractivity contribution in [2.45, 2.75) is 13.0 Å². The van der Waals surface area contributed by atoms with Crippen molar-refractivity contribution in [1.82, 2.24) is 14.5 Å². The normalized spacial score (nSPS) is 11.2. The first-order valence-electron chi connectivity index (χ1n) is 6.69. The van der Waals surface area contributed by atoms with Gasteiger partial charge < -0.3 is 24.3 Å². The summed E-state index contributed by atoms with van der Waals surface area (Å²) >= 11 is 0. The molecule has 6 heteroatoms. The number of imidazole rings is 1. The van der Waals surface area contributed by atoms with Gasteiger partial charge in [-0.15, -0.1) is 0 Å². The molecule has 1 aromatic heterocycles. The zero-order valence-electron chi connectivity index (χ0n) is 12.3. The Bertz CT molecular complexity index is 330. The summed E-state index contributed by atoms with van der Waals surface area (Å²) in [6.07, 6.45) is 4.81. The summed E-state index contributed by atoms with van der Waals surface area (Å²) < 4.78 is 12.2. The van der Waals surface area contributed by atoms with Crippen LogP contribution in [0.15, 0.2) is 12.4 Å². The summed E-state index contributed by atoms with van der Waals surface area (Å²) in [7, 11) is 5.55. The van der Waals surface area contributed by atoms with Gasteiger partial charge in [0.05, 0.1) is 6.61 Å². The third kappa shape index (κ3) is 6.56. The molecule has 0 fully saturated rings. The fraction of sp³-hybridized carbons (Fsp3) is 0.769. The van der Waals surface area contributed by atoms with E-state index in [9.17, 15) is 0 Å². The minimum Gasteiger partial charge on any atom is -0.385 e. The van der Waals surface area contributed by atoms with Crippen LogP contribution in [0, 0.1) is 0 Å². The third-order valence-electron chi connectivity index (χ3n) is 2.92. The van der Waals surface area contributed by atoms with Gasteiger partial charge in [0.25, 0.3) is 0 Å². The third-order valence-corrected chi connectivity index (χ3v) is 2.92. The fourth-order valence-electron chi connectivity index (χ4n) is 1.71. The molecule has 0 saturated carbocycles. The number of anilines is 1. The zero-order valence-corrected chi connectivity index (χ0v) is 12.3. The van der Waals surface area contributed by atoms with Crippen LogP contribution in [0.5, 0.6) is 0 Å². The number of aromatic nitrogens is 2. The van der Waals surface area contributed by atoms with Crippen LogP contribution in [-0.4, -0.2) is 68.6 Å². The summed E-state index contributed by atoms with van der Waals surface area (Å²) in [6, 6.07) is 0. The van der Waals surface area contributed by atoms with Crippen molar-refractivity contribution < 1.29 is 9.47 Å². The van der Waals surface area contributed by atoms with Gasteiger partial charge in [0.1, 0.15) is 0 Å². The highest BCUT2D eigenvalue weighted by Crippen LogP contribution is 2.04. The molecule has 1 heterocycles. The standard InChI is InChI=1S/C13H26N4O2/c1-16(10-12-19-3)8-9-17-7-6-15-13(17)14-5-4-11-18-2/h6-7H,4-5,8-12H2,1-3H3,(H,14,15). The molecule has 0 saturated heterocycles. The fourth-order valence-corrected chi connectivity index (χ4v) is 1.71. The van der Waals surface area contributed by atoms with Gasteiger partial charge in [-0.05, 0) is 13.5 Å². The van der Waals surface area contributed by atoms with E-state index in [1.165, 1.54) is 0 Å². The van der Waals surface area contributed by atoms with Gasteiger partial charge in [-0.3, -0.25) is 0 Å². The summed E-state index contributed by atoms with van der Waals surface area (Å²) in [5, 5.41) is 3.32. The largest absolute Gasteiger partial charge is 0.385 e. The molecule has 0 aliphatic rings. The second kappa shape index (κ2) is 9.77. The summed E-state index contributed by atoms with van der Waals surface area (Å²) in [6.45, 7) is 5.27. The molecular formula is C13H26N4O2. The lowest BCUT2D eigenvalue weighted by Gasteiger charge is -2.17. The van der Waals surface area contributed by atoms with Crippen LogP contribution in [0.2, 0.25) is 0 Å². The van der Waals surface area contributed by atoms with Crippen LogP contribution in [0.1, 0.15) is 6.42 Å². The molecule has 0 aliphatic heterocycles. The molecule has 0 bridgehead atoms. The van der Waals surface area contributed by atoms with E-state index in [-0.39, 0.29) is 0 Å². The molecule has 1 aromatic rings. The molecule has 0 amide bonds. The first kappa shape index (κ1) is 15.9. The van der Waals surface area contributed by atoms with Crippen LogP contribution in [0.4, 0.5) is 5.95 Å². The predicted octanol–water partition coefficient (Wildman–Crippen LogP) is 0.910. The van der Waals surface area contributed by atoms with Crippen molar-refractivity contribution in [2.75, 3.05) is 59.4 Å². The molecule has 0 aromatic carbocycles. The van der Waals surface area contributed by atoms with Crippen LogP contribution in [-0.2, 0) is 16.0 Å². The topological polar surface area (TPSA) is 51.5 Å². The summed E-state index contributed by atoms with van der Waals surface area (Å²) in [4.78, 5) is 6.57. The van der Waals surface area contributed by atoms with Crippen LogP contribution in [0.3, 0.4) is 0 Å². The number of nitrogens with one attached hydrogen (secondary N) is 1. The minimum absolute atomic E-state index is 0.766. The lowest BCUT2D eigenvalue weighted by molar-refractivity contribution is 0.159. The van der Waals surface area contributed by atoms with Gasteiger partial charge in [0.15, 0.2) is 0 Å². The van der Waals surface area contributed by atoms with Gasteiger partial charge >= 0.3 is 0 Å². The maximum atomic E-state index is 5.06.